The van der Waals surface area contributed by atoms with E-state index >= 15 is 0 Å². The maximum Gasteiger partial charge on any atom is 0.0525 e. The molecule has 1 heterocycles. The lowest BCUT2D eigenvalue weighted by Crippen LogP contribution is -2.43. The summed E-state index contributed by atoms with van der Waals surface area (Å²) in [6.07, 6.45) is 11.7. The fourth-order valence-corrected chi connectivity index (χ4v) is 5.52. The average Bonchev–Trinajstić information content (AvgIpc) is 2.83. The number of hydrogen-bond donors (Lipinski definition) is 2. The number of hydrogen-bond acceptors (Lipinski definition) is 2. The third kappa shape index (κ3) is 1.94. The Kier molecular flexibility index (Phi) is 2.91. The summed E-state index contributed by atoms with van der Waals surface area (Å²) in [7, 11) is 0. The van der Waals surface area contributed by atoms with E-state index in [1.807, 2.05) is 0 Å². The van der Waals surface area contributed by atoms with E-state index in [4.69, 9.17) is 5.73 Å². The Bertz CT molecular complexity index is 423. The van der Waals surface area contributed by atoms with Gasteiger partial charge in [-0.1, -0.05) is 0 Å². The van der Waals surface area contributed by atoms with Gasteiger partial charge in [0.05, 0.1) is 6.20 Å². The van der Waals surface area contributed by atoms with Crippen LogP contribution in [0.4, 0.5) is 0 Å². The Morgan fingerprint density at radius 3 is 2.42 bits per heavy atom. The quantitative estimate of drug-likeness (QED) is 0.873. The molecule has 4 aliphatic rings. The summed E-state index contributed by atoms with van der Waals surface area (Å²) >= 11 is 0. The lowest BCUT2D eigenvalue weighted by atomic mass is 9.50. The van der Waals surface area contributed by atoms with Crippen LogP contribution in [0.1, 0.15) is 55.7 Å². The van der Waals surface area contributed by atoms with E-state index in [-0.39, 0.29) is 0 Å². The van der Waals surface area contributed by atoms with Crippen LogP contribution in [-0.4, -0.2) is 16.7 Å². The van der Waals surface area contributed by atoms with Crippen molar-refractivity contribution in [2.75, 3.05) is 6.54 Å². The van der Waals surface area contributed by atoms with Gasteiger partial charge in [0.25, 0.3) is 0 Å². The van der Waals surface area contributed by atoms with Gasteiger partial charge >= 0.3 is 0 Å². The summed E-state index contributed by atoms with van der Waals surface area (Å²) in [5, 5.41) is 7.59. The Labute approximate surface area is 115 Å². The van der Waals surface area contributed by atoms with Gasteiger partial charge in [-0.2, -0.15) is 5.10 Å². The molecular formula is C16H25N3. The van der Waals surface area contributed by atoms with E-state index < -0.39 is 0 Å². The van der Waals surface area contributed by atoms with Gasteiger partial charge in [0, 0.05) is 5.69 Å². The third-order valence-corrected chi connectivity index (χ3v) is 5.97. The lowest BCUT2D eigenvalue weighted by molar-refractivity contribution is -0.00305. The van der Waals surface area contributed by atoms with Crippen LogP contribution >= 0.6 is 0 Å². The van der Waals surface area contributed by atoms with Crippen molar-refractivity contribution in [2.24, 2.45) is 29.4 Å². The van der Waals surface area contributed by atoms with Gasteiger partial charge in [-0.15, -0.1) is 0 Å². The molecular weight excluding hydrogens is 234 g/mol. The Balaban J connectivity index is 1.60. The van der Waals surface area contributed by atoms with Crippen LogP contribution in [0.25, 0.3) is 0 Å². The Morgan fingerprint density at radius 2 is 1.79 bits per heavy atom. The molecule has 3 N–H and O–H groups in total. The Hall–Kier alpha value is -0.830. The first-order valence-electron chi connectivity index (χ1n) is 8.07. The van der Waals surface area contributed by atoms with Crippen molar-refractivity contribution in [3.05, 3.63) is 17.5 Å². The summed E-state index contributed by atoms with van der Waals surface area (Å²) in [6.45, 7) is 0.778. The summed E-state index contributed by atoms with van der Waals surface area (Å²) in [4.78, 5) is 0. The minimum absolute atomic E-state index is 0.778. The second kappa shape index (κ2) is 4.62. The molecule has 4 bridgehead atoms. The number of nitrogens with zero attached hydrogens (tertiary/aromatic N) is 1. The number of nitrogens with two attached hydrogens (primary N) is 1. The Morgan fingerprint density at radius 1 is 1.11 bits per heavy atom. The molecule has 1 aromatic rings. The molecule has 0 unspecified atom stereocenters. The third-order valence-electron chi connectivity index (χ3n) is 5.97. The van der Waals surface area contributed by atoms with E-state index in [2.05, 4.69) is 16.4 Å². The first kappa shape index (κ1) is 12.0. The highest BCUT2D eigenvalue weighted by Gasteiger charge is 2.49. The highest BCUT2D eigenvalue weighted by Crippen LogP contribution is 2.60. The smallest absolute Gasteiger partial charge is 0.0525 e. The molecule has 0 aliphatic heterocycles. The first-order valence-corrected chi connectivity index (χ1v) is 8.07. The standard InChI is InChI=1S/C16H25N3/c17-3-1-2-15-14(9-18-19-15)16-12-5-10-4-11(7-12)8-13(16)6-10/h9-13,16H,1-8,17H2,(H,18,19). The summed E-state index contributed by atoms with van der Waals surface area (Å²) in [5.74, 6) is 4.81. The highest BCUT2D eigenvalue weighted by atomic mass is 15.1. The largest absolute Gasteiger partial charge is 0.330 e. The van der Waals surface area contributed by atoms with Gasteiger partial charge < -0.3 is 5.73 Å². The van der Waals surface area contributed by atoms with E-state index in [1.54, 1.807) is 5.56 Å². The van der Waals surface area contributed by atoms with Gasteiger partial charge in [0.2, 0.25) is 0 Å². The van der Waals surface area contributed by atoms with Gasteiger partial charge in [-0.25, -0.2) is 0 Å². The van der Waals surface area contributed by atoms with Crippen LogP contribution in [0.5, 0.6) is 0 Å². The van der Waals surface area contributed by atoms with Crippen LogP contribution in [0, 0.1) is 23.7 Å². The predicted molar refractivity (Wildman–Crippen MR) is 75.7 cm³/mol. The number of nitrogens with one attached hydrogen (secondary N) is 1. The monoisotopic (exact) mass is 259 g/mol. The van der Waals surface area contributed by atoms with Crippen molar-refractivity contribution in [2.45, 2.75) is 50.9 Å². The van der Waals surface area contributed by atoms with Crippen LogP contribution in [0.15, 0.2) is 6.20 Å². The molecule has 3 heteroatoms. The number of aryl methyl sites for hydroxylation is 1. The number of rotatable bonds is 4. The molecule has 4 aliphatic carbocycles. The molecule has 104 valence electrons. The van der Waals surface area contributed by atoms with E-state index in [0.29, 0.717) is 0 Å². The normalized spacial score (nSPS) is 39.9. The van der Waals surface area contributed by atoms with Crippen molar-refractivity contribution in [3.8, 4) is 0 Å². The molecule has 0 amide bonds. The zero-order valence-electron chi connectivity index (χ0n) is 11.6. The van der Waals surface area contributed by atoms with Crippen LogP contribution in [0.2, 0.25) is 0 Å². The molecule has 5 rings (SSSR count). The molecule has 0 atom stereocenters. The first-order chi connectivity index (χ1) is 9.35. The number of aromatic amines is 1. The topological polar surface area (TPSA) is 54.7 Å². The zero-order chi connectivity index (χ0) is 12.8. The molecule has 0 aromatic carbocycles. The minimum atomic E-state index is 0.778. The lowest BCUT2D eigenvalue weighted by Gasteiger charge is -2.54. The SMILES string of the molecule is NCCCc1[nH]ncc1C1C2CC3CC(C2)CC1C3. The van der Waals surface area contributed by atoms with Crippen molar-refractivity contribution < 1.29 is 0 Å². The molecule has 19 heavy (non-hydrogen) atoms. The van der Waals surface area contributed by atoms with E-state index in [1.165, 1.54) is 37.8 Å². The molecule has 4 saturated carbocycles. The average molecular weight is 259 g/mol. The fourth-order valence-electron chi connectivity index (χ4n) is 5.52. The zero-order valence-corrected chi connectivity index (χ0v) is 11.6. The van der Waals surface area contributed by atoms with Crippen molar-refractivity contribution in [3.63, 3.8) is 0 Å². The minimum Gasteiger partial charge on any atom is -0.330 e. The van der Waals surface area contributed by atoms with Crippen LogP contribution < -0.4 is 5.73 Å². The van der Waals surface area contributed by atoms with Crippen molar-refractivity contribution in [1.29, 1.82) is 0 Å². The predicted octanol–water partition coefficient (Wildman–Crippen LogP) is 2.84. The van der Waals surface area contributed by atoms with Crippen molar-refractivity contribution in [1.82, 2.24) is 10.2 Å². The maximum absolute atomic E-state index is 5.66. The second-order valence-corrected chi connectivity index (χ2v) is 7.15. The number of aromatic nitrogens is 2. The molecule has 0 radical (unpaired) electrons. The summed E-state index contributed by atoms with van der Waals surface area (Å²) < 4.78 is 0. The number of H-pyrrole nitrogens is 1. The van der Waals surface area contributed by atoms with Crippen LogP contribution in [0.3, 0.4) is 0 Å². The molecule has 1 aromatic heterocycles. The molecule has 4 fully saturated rings. The fraction of sp³-hybridized carbons (Fsp3) is 0.812. The van der Waals surface area contributed by atoms with Gasteiger partial charge in [-0.05, 0) is 86.6 Å². The van der Waals surface area contributed by atoms with Gasteiger partial charge in [0.1, 0.15) is 0 Å². The molecule has 3 nitrogen and oxygen atoms in total. The molecule has 0 spiro atoms. The van der Waals surface area contributed by atoms with Gasteiger partial charge in [-0.3, -0.25) is 5.10 Å². The second-order valence-electron chi connectivity index (χ2n) is 7.15. The highest BCUT2D eigenvalue weighted by molar-refractivity contribution is 5.26. The molecule has 0 saturated heterocycles. The maximum atomic E-state index is 5.66. The summed E-state index contributed by atoms with van der Waals surface area (Å²) in [5.41, 5.74) is 8.58. The van der Waals surface area contributed by atoms with Crippen molar-refractivity contribution >= 4 is 0 Å². The summed E-state index contributed by atoms with van der Waals surface area (Å²) in [6, 6.07) is 0. The van der Waals surface area contributed by atoms with Gasteiger partial charge in [0.15, 0.2) is 0 Å². The van der Waals surface area contributed by atoms with Crippen LogP contribution in [-0.2, 0) is 6.42 Å². The van der Waals surface area contributed by atoms with E-state index in [0.717, 1.165) is 49.0 Å². The van der Waals surface area contributed by atoms with E-state index in [9.17, 15) is 0 Å².